The van der Waals surface area contributed by atoms with E-state index in [4.69, 9.17) is 0 Å². The predicted molar refractivity (Wildman–Crippen MR) is 72.2 cm³/mol. The monoisotopic (exact) mass is 240 g/mol. The second-order valence-electron chi connectivity index (χ2n) is 3.46. The van der Waals surface area contributed by atoms with Crippen LogP contribution < -0.4 is 0 Å². The van der Waals surface area contributed by atoms with Gasteiger partial charge in [-0.1, -0.05) is 60.3 Å². The number of thioether (sulfide) groups is 1. The van der Waals surface area contributed by atoms with Gasteiger partial charge in [0.05, 0.1) is 0 Å². The lowest BCUT2D eigenvalue weighted by atomic mass is 10.1. The Hall–Kier alpha value is -1.80. The molecule has 2 heteroatoms. The van der Waals surface area contributed by atoms with Gasteiger partial charge in [0.25, 0.3) is 0 Å². The van der Waals surface area contributed by atoms with Gasteiger partial charge in [-0.2, -0.15) is 0 Å². The minimum atomic E-state index is 0.0361. The highest BCUT2D eigenvalue weighted by Crippen LogP contribution is 2.18. The Morgan fingerprint density at radius 2 is 1.47 bits per heavy atom. The number of ketones is 1. The van der Waals surface area contributed by atoms with Crippen LogP contribution in [-0.2, 0) is 0 Å². The zero-order valence-electron chi connectivity index (χ0n) is 9.24. The molecule has 0 heterocycles. The first-order valence-corrected chi connectivity index (χ1v) is 6.22. The molecule has 2 aromatic carbocycles. The van der Waals surface area contributed by atoms with Crippen LogP contribution in [0.15, 0.2) is 77.0 Å². The van der Waals surface area contributed by atoms with Crippen LogP contribution in [0.25, 0.3) is 0 Å². The van der Waals surface area contributed by atoms with Crippen LogP contribution in [0.1, 0.15) is 10.4 Å². The van der Waals surface area contributed by atoms with Crippen molar-refractivity contribution in [1.29, 1.82) is 0 Å². The summed E-state index contributed by atoms with van der Waals surface area (Å²) in [4.78, 5) is 12.9. The van der Waals surface area contributed by atoms with E-state index in [1.807, 2.05) is 66.1 Å². The summed E-state index contributed by atoms with van der Waals surface area (Å²) in [5.74, 6) is 0.0361. The van der Waals surface area contributed by atoms with E-state index in [2.05, 4.69) is 0 Å². The minimum Gasteiger partial charge on any atom is -0.289 e. The van der Waals surface area contributed by atoms with Crippen molar-refractivity contribution in [3.63, 3.8) is 0 Å². The number of benzene rings is 2. The topological polar surface area (TPSA) is 17.1 Å². The van der Waals surface area contributed by atoms with E-state index in [-0.39, 0.29) is 5.78 Å². The average Bonchev–Trinajstić information content (AvgIpc) is 2.41. The van der Waals surface area contributed by atoms with E-state index in [9.17, 15) is 4.79 Å². The summed E-state index contributed by atoms with van der Waals surface area (Å²) in [5.41, 5.74) is 0.720. The maximum Gasteiger partial charge on any atom is 0.186 e. The van der Waals surface area contributed by atoms with E-state index in [1.165, 1.54) is 0 Å². The summed E-state index contributed by atoms with van der Waals surface area (Å²) in [6, 6.07) is 19.2. The van der Waals surface area contributed by atoms with E-state index in [0.717, 1.165) is 10.5 Å². The number of hydrogen-bond acceptors (Lipinski definition) is 2. The molecule has 0 atom stereocenters. The summed E-state index contributed by atoms with van der Waals surface area (Å²) in [5, 5.41) is 1.82. The molecule has 2 rings (SSSR count). The molecule has 1 nitrogen and oxygen atoms in total. The molecule has 0 radical (unpaired) electrons. The number of rotatable bonds is 4. The molecule has 17 heavy (non-hydrogen) atoms. The highest BCUT2D eigenvalue weighted by Gasteiger charge is 1.98. The summed E-state index contributed by atoms with van der Waals surface area (Å²) in [6.45, 7) is 0. The Labute approximate surface area is 105 Å². The molecule has 0 aliphatic heterocycles. The molecule has 0 N–H and O–H groups in total. The number of carbonyl (C=O) groups excluding carboxylic acids is 1. The lowest BCUT2D eigenvalue weighted by Gasteiger charge is -1.95. The maximum atomic E-state index is 11.7. The van der Waals surface area contributed by atoms with Gasteiger partial charge in [-0.25, -0.2) is 0 Å². The fourth-order valence-corrected chi connectivity index (χ4v) is 2.04. The van der Waals surface area contributed by atoms with Gasteiger partial charge in [0.1, 0.15) is 0 Å². The van der Waals surface area contributed by atoms with Crippen molar-refractivity contribution in [2.45, 2.75) is 4.90 Å². The van der Waals surface area contributed by atoms with Gasteiger partial charge < -0.3 is 0 Å². The third kappa shape index (κ3) is 3.61. The molecule has 2 aromatic rings. The van der Waals surface area contributed by atoms with Crippen LogP contribution in [0.3, 0.4) is 0 Å². The van der Waals surface area contributed by atoms with E-state index < -0.39 is 0 Å². The third-order valence-corrected chi connectivity index (χ3v) is 3.04. The maximum absolute atomic E-state index is 11.7. The van der Waals surface area contributed by atoms with Crippen molar-refractivity contribution in [1.82, 2.24) is 0 Å². The fraction of sp³-hybridized carbons (Fsp3) is 0. The van der Waals surface area contributed by atoms with Gasteiger partial charge in [0.2, 0.25) is 0 Å². The quantitative estimate of drug-likeness (QED) is 0.453. The van der Waals surface area contributed by atoms with Crippen molar-refractivity contribution in [3.8, 4) is 0 Å². The molecule has 0 aliphatic rings. The highest BCUT2D eigenvalue weighted by molar-refractivity contribution is 8.02. The van der Waals surface area contributed by atoms with Gasteiger partial charge in [-0.3, -0.25) is 4.79 Å². The standard InChI is InChI=1S/C15H12OS/c16-15(13-7-3-1-4-8-13)11-12-17-14-9-5-2-6-10-14/h1-12H/b12-11-. The lowest BCUT2D eigenvalue weighted by Crippen LogP contribution is -1.92. The van der Waals surface area contributed by atoms with Crippen molar-refractivity contribution < 1.29 is 4.79 Å². The Kier molecular flexibility index (Phi) is 4.17. The second-order valence-corrected chi connectivity index (χ2v) is 4.44. The first kappa shape index (κ1) is 11.7. The van der Waals surface area contributed by atoms with Gasteiger partial charge in [-0.05, 0) is 23.6 Å². The highest BCUT2D eigenvalue weighted by atomic mass is 32.2. The number of allylic oxidation sites excluding steroid dienone is 1. The van der Waals surface area contributed by atoms with Crippen LogP contribution in [-0.4, -0.2) is 5.78 Å². The van der Waals surface area contributed by atoms with E-state index in [1.54, 1.807) is 17.8 Å². The molecular weight excluding hydrogens is 228 g/mol. The van der Waals surface area contributed by atoms with Gasteiger partial charge in [-0.15, -0.1) is 0 Å². The SMILES string of the molecule is O=C(/C=C\Sc1ccccc1)c1ccccc1. The first-order chi connectivity index (χ1) is 8.36. The molecule has 0 unspecified atom stereocenters. The summed E-state index contributed by atoms with van der Waals surface area (Å²) in [6.07, 6.45) is 1.60. The molecule has 0 bridgehead atoms. The molecule has 0 fully saturated rings. The summed E-state index contributed by atoms with van der Waals surface area (Å²) >= 11 is 1.54. The molecule has 84 valence electrons. The summed E-state index contributed by atoms with van der Waals surface area (Å²) in [7, 11) is 0. The van der Waals surface area contributed by atoms with Crippen LogP contribution in [0.2, 0.25) is 0 Å². The zero-order chi connectivity index (χ0) is 11.9. The molecule has 0 saturated carbocycles. The van der Waals surface area contributed by atoms with Crippen LogP contribution in [0.5, 0.6) is 0 Å². The number of carbonyl (C=O) groups is 1. The van der Waals surface area contributed by atoms with Crippen LogP contribution in [0.4, 0.5) is 0 Å². The third-order valence-electron chi connectivity index (χ3n) is 2.23. The Balaban J connectivity index is 1.96. The van der Waals surface area contributed by atoms with E-state index in [0.29, 0.717) is 0 Å². The largest absolute Gasteiger partial charge is 0.289 e. The second kappa shape index (κ2) is 6.06. The smallest absolute Gasteiger partial charge is 0.186 e. The van der Waals surface area contributed by atoms with Crippen molar-refractivity contribution in [2.75, 3.05) is 0 Å². The van der Waals surface area contributed by atoms with Gasteiger partial charge in [0, 0.05) is 10.5 Å². The molecular formula is C15H12OS. The molecule has 0 aliphatic carbocycles. The molecule has 0 saturated heterocycles. The van der Waals surface area contributed by atoms with Gasteiger partial charge in [0.15, 0.2) is 5.78 Å². The molecule has 0 amide bonds. The average molecular weight is 240 g/mol. The van der Waals surface area contributed by atoms with Crippen molar-refractivity contribution in [3.05, 3.63) is 77.7 Å². The summed E-state index contributed by atoms with van der Waals surface area (Å²) < 4.78 is 0. The molecule has 0 spiro atoms. The van der Waals surface area contributed by atoms with Crippen LogP contribution >= 0.6 is 11.8 Å². The predicted octanol–water partition coefficient (Wildman–Crippen LogP) is 4.18. The molecule has 0 aromatic heterocycles. The lowest BCUT2D eigenvalue weighted by molar-refractivity contribution is 0.104. The fourth-order valence-electron chi connectivity index (χ4n) is 1.37. The Bertz CT molecular complexity index is 503. The van der Waals surface area contributed by atoms with Crippen molar-refractivity contribution >= 4 is 17.5 Å². The minimum absolute atomic E-state index is 0.0361. The van der Waals surface area contributed by atoms with E-state index >= 15 is 0 Å². The normalized spacial score (nSPS) is 10.6. The number of hydrogen-bond donors (Lipinski definition) is 0. The van der Waals surface area contributed by atoms with Crippen molar-refractivity contribution in [2.24, 2.45) is 0 Å². The van der Waals surface area contributed by atoms with Crippen LogP contribution in [0, 0.1) is 0 Å². The Morgan fingerprint density at radius 3 is 2.12 bits per heavy atom. The zero-order valence-corrected chi connectivity index (χ0v) is 10.1. The first-order valence-electron chi connectivity index (χ1n) is 5.34. The Morgan fingerprint density at radius 1 is 0.882 bits per heavy atom. The van der Waals surface area contributed by atoms with Gasteiger partial charge >= 0.3 is 0 Å².